The average molecular weight is 360 g/mol. The molecule has 3 rings (SSSR count). The van der Waals surface area contributed by atoms with Gasteiger partial charge in [0, 0.05) is 5.92 Å². The third kappa shape index (κ3) is 6.81. The maximum absolute atomic E-state index is 11.9. The zero-order chi connectivity index (χ0) is 18.8. The van der Waals surface area contributed by atoms with Crippen LogP contribution in [0.5, 0.6) is 5.75 Å². The average Bonchev–Trinajstić information content (AvgIpc) is 2.70. The number of esters is 1. The van der Waals surface area contributed by atoms with Gasteiger partial charge >= 0.3 is 5.97 Å². The van der Waals surface area contributed by atoms with Crippen molar-refractivity contribution >= 4 is 11.9 Å². The number of para-hydroxylation sites is 1. The molecule has 144 valence electrons. The maximum atomic E-state index is 11.9. The molecular weight excluding hydrogens is 326 g/mol. The first-order valence-electron chi connectivity index (χ1n) is 10.2. The molecule has 0 heterocycles. The lowest BCUT2D eigenvalue weighted by atomic mass is 9.81. The molecule has 2 aliphatic carbocycles. The van der Waals surface area contributed by atoms with E-state index >= 15 is 0 Å². The third-order valence-corrected chi connectivity index (χ3v) is 5.73. The van der Waals surface area contributed by atoms with Gasteiger partial charge in [0.1, 0.15) is 5.75 Å². The summed E-state index contributed by atoms with van der Waals surface area (Å²) in [6, 6.07) is 9.35. The third-order valence-electron chi connectivity index (χ3n) is 5.73. The van der Waals surface area contributed by atoms with Crippen LogP contribution in [-0.2, 0) is 9.59 Å². The van der Waals surface area contributed by atoms with E-state index in [-0.39, 0.29) is 23.7 Å². The highest BCUT2D eigenvalue weighted by atomic mass is 16.5. The van der Waals surface area contributed by atoms with E-state index in [0.717, 1.165) is 31.6 Å². The van der Waals surface area contributed by atoms with Crippen LogP contribution in [-0.4, -0.2) is 11.9 Å². The van der Waals surface area contributed by atoms with Crippen LogP contribution in [0.3, 0.4) is 0 Å². The molecule has 0 unspecified atom stereocenters. The van der Waals surface area contributed by atoms with Crippen molar-refractivity contribution in [1.82, 2.24) is 0 Å². The van der Waals surface area contributed by atoms with Gasteiger partial charge in [-0.1, -0.05) is 50.8 Å². The maximum Gasteiger partial charge on any atom is 0.314 e. The molecule has 0 saturated heterocycles. The van der Waals surface area contributed by atoms with Crippen LogP contribution in [0.25, 0.3) is 0 Å². The summed E-state index contributed by atoms with van der Waals surface area (Å²) in [7, 11) is 0. The van der Waals surface area contributed by atoms with Crippen molar-refractivity contribution in [2.45, 2.75) is 71.1 Å². The van der Waals surface area contributed by atoms with Gasteiger partial charge in [-0.05, 0) is 56.6 Å². The number of carbonyl (C=O) groups is 2. The Balaban J connectivity index is 0.000000228. The second kappa shape index (κ2) is 11.0. The molecule has 1 aromatic rings. The van der Waals surface area contributed by atoms with Gasteiger partial charge in [0.15, 0.2) is 0 Å². The Morgan fingerprint density at radius 2 is 1.54 bits per heavy atom. The van der Waals surface area contributed by atoms with Gasteiger partial charge in [0.2, 0.25) is 5.91 Å². The summed E-state index contributed by atoms with van der Waals surface area (Å²) in [6.45, 7) is 2.23. The van der Waals surface area contributed by atoms with E-state index < -0.39 is 0 Å². The van der Waals surface area contributed by atoms with E-state index in [0.29, 0.717) is 5.75 Å². The van der Waals surface area contributed by atoms with E-state index in [1.54, 1.807) is 0 Å². The van der Waals surface area contributed by atoms with Gasteiger partial charge in [-0.25, -0.2) is 0 Å². The molecule has 0 aromatic heterocycles. The van der Waals surface area contributed by atoms with Gasteiger partial charge < -0.3 is 10.5 Å². The second-order valence-corrected chi connectivity index (χ2v) is 7.60. The molecule has 2 aliphatic rings. The highest BCUT2D eigenvalue weighted by molar-refractivity contribution is 5.76. The number of amides is 1. The monoisotopic (exact) mass is 359 g/mol. The summed E-state index contributed by atoms with van der Waals surface area (Å²) in [5.74, 6) is 1.63. The SMILES string of the molecule is CCC1CCC(C(=O)Oc2ccccc2)CC1.NC(=O)C1CCCCC1. The number of primary amides is 1. The summed E-state index contributed by atoms with van der Waals surface area (Å²) in [4.78, 5) is 22.5. The molecule has 0 radical (unpaired) electrons. The number of ether oxygens (including phenoxy) is 1. The summed E-state index contributed by atoms with van der Waals surface area (Å²) in [5.41, 5.74) is 5.13. The minimum atomic E-state index is -0.102. The normalized spacial score (nSPS) is 23.4. The number of nitrogens with two attached hydrogens (primary N) is 1. The summed E-state index contributed by atoms with van der Waals surface area (Å²) in [6.07, 6.45) is 11.3. The first-order chi connectivity index (χ1) is 12.6. The molecule has 1 amide bonds. The fourth-order valence-corrected chi connectivity index (χ4v) is 3.88. The largest absolute Gasteiger partial charge is 0.426 e. The van der Waals surface area contributed by atoms with Crippen molar-refractivity contribution in [3.63, 3.8) is 0 Å². The Morgan fingerprint density at radius 3 is 2.04 bits per heavy atom. The van der Waals surface area contributed by atoms with Crippen LogP contribution < -0.4 is 10.5 Å². The molecule has 2 saturated carbocycles. The van der Waals surface area contributed by atoms with E-state index in [9.17, 15) is 9.59 Å². The fourth-order valence-electron chi connectivity index (χ4n) is 3.88. The minimum Gasteiger partial charge on any atom is -0.426 e. The molecule has 4 nitrogen and oxygen atoms in total. The van der Waals surface area contributed by atoms with Crippen LogP contribution in [0, 0.1) is 17.8 Å². The van der Waals surface area contributed by atoms with Crippen LogP contribution in [0.4, 0.5) is 0 Å². The molecular formula is C22H33NO3. The van der Waals surface area contributed by atoms with Gasteiger partial charge in [-0.3, -0.25) is 9.59 Å². The van der Waals surface area contributed by atoms with Crippen molar-refractivity contribution in [3.05, 3.63) is 30.3 Å². The summed E-state index contributed by atoms with van der Waals surface area (Å²) < 4.78 is 5.38. The van der Waals surface area contributed by atoms with Crippen molar-refractivity contribution in [2.75, 3.05) is 0 Å². The molecule has 0 atom stereocenters. The molecule has 4 heteroatoms. The van der Waals surface area contributed by atoms with Crippen LogP contribution in [0.2, 0.25) is 0 Å². The zero-order valence-electron chi connectivity index (χ0n) is 16.0. The first kappa shape index (κ1) is 20.5. The number of rotatable bonds is 4. The van der Waals surface area contributed by atoms with Crippen LogP contribution in [0.1, 0.15) is 71.1 Å². The highest BCUT2D eigenvalue weighted by Crippen LogP contribution is 2.31. The lowest BCUT2D eigenvalue weighted by Gasteiger charge is -2.26. The van der Waals surface area contributed by atoms with Gasteiger partial charge in [-0.15, -0.1) is 0 Å². The van der Waals surface area contributed by atoms with Gasteiger partial charge in [-0.2, -0.15) is 0 Å². The Hall–Kier alpha value is -1.84. The predicted octanol–water partition coefficient (Wildman–Crippen LogP) is 4.86. The van der Waals surface area contributed by atoms with E-state index in [2.05, 4.69) is 6.92 Å². The Labute approximate surface area is 157 Å². The van der Waals surface area contributed by atoms with Crippen molar-refractivity contribution < 1.29 is 14.3 Å². The van der Waals surface area contributed by atoms with Crippen molar-refractivity contribution in [3.8, 4) is 5.75 Å². The van der Waals surface area contributed by atoms with Gasteiger partial charge in [0.25, 0.3) is 0 Å². The smallest absolute Gasteiger partial charge is 0.314 e. The minimum absolute atomic E-state index is 0.0502. The van der Waals surface area contributed by atoms with Crippen LogP contribution >= 0.6 is 0 Å². The molecule has 0 aliphatic heterocycles. The number of benzene rings is 1. The Morgan fingerprint density at radius 1 is 0.923 bits per heavy atom. The molecule has 0 spiro atoms. The first-order valence-corrected chi connectivity index (χ1v) is 10.2. The molecule has 2 N–H and O–H groups in total. The lowest BCUT2D eigenvalue weighted by Crippen LogP contribution is -2.25. The predicted molar refractivity (Wildman–Crippen MR) is 104 cm³/mol. The quantitative estimate of drug-likeness (QED) is 0.616. The van der Waals surface area contributed by atoms with Crippen molar-refractivity contribution in [2.24, 2.45) is 23.5 Å². The topological polar surface area (TPSA) is 69.4 Å². The zero-order valence-corrected chi connectivity index (χ0v) is 16.0. The number of hydrogen-bond acceptors (Lipinski definition) is 3. The fraction of sp³-hybridized carbons (Fsp3) is 0.636. The lowest BCUT2D eigenvalue weighted by molar-refractivity contribution is -0.140. The molecule has 0 bridgehead atoms. The van der Waals surface area contributed by atoms with E-state index in [1.807, 2.05) is 30.3 Å². The highest BCUT2D eigenvalue weighted by Gasteiger charge is 2.26. The Bertz CT molecular complexity index is 544. The molecule has 26 heavy (non-hydrogen) atoms. The molecule has 1 aromatic carbocycles. The number of carbonyl (C=O) groups excluding carboxylic acids is 2. The number of hydrogen-bond donors (Lipinski definition) is 1. The second-order valence-electron chi connectivity index (χ2n) is 7.60. The van der Waals surface area contributed by atoms with E-state index in [4.69, 9.17) is 10.5 Å². The van der Waals surface area contributed by atoms with Crippen LogP contribution in [0.15, 0.2) is 30.3 Å². The Kier molecular flexibility index (Phi) is 8.66. The van der Waals surface area contributed by atoms with Gasteiger partial charge in [0.05, 0.1) is 5.92 Å². The van der Waals surface area contributed by atoms with E-state index in [1.165, 1.54) is 38.5 Å². The standard InChI is InChI=1S/C15H20O2.C7H13NO/c1-2-12-8-10-13(11-9-12)15(16)17-14-6-4-3-5-7-14;8-7(9)6-4-2-1-3-5-6/h3-7,12-13H,2,8-11H2,1H3;6H,1-5H2,(H2,8,9). The molecule has 2 fully saturated rings. The summed E-state index contributed by atoms with van der Waals surface area (Å²) >= 11 is 0. The van der Waals surface area contributed by atoms with Crippen molar-refractivity contribution in [1.29, 1.82) is 0 Å². The summed E-state index contributed by atoms with van der Waals surface area (Å²) in [5, 5.41) is 0.